The van der Waals surface area contributed by atoms with Crippen LogP contribution in [-0.2, 0) is 9.53 Å². The van der Waals surface area contributed by atoms with Crippen molar-refractivity contribution in [2.24, 2.45) is 5.92 Å². The number of likely N-dealkylation sites (tertiary alicyclic amines) is 1. The summed E-state index contributed by atoms with van der Waals surface area (Å²) in [5.74, 6) is 0.441. The van der Waals surface area contributed by atoms with Crippen molar-refractivity contribution in [3.8, 4) is 0 Å². The number of hydrogen-bond acceptors (Lipinski definition) is 3. The monoisotopic (exact) mass is 304 g/mol. The van der Waals surface area contributed by atoms with Crippen LogP contribution in [0.4, 0.5) is 0 Å². The van der Waals surface area contributed by atoms with E-state index in [1.54, 1.807) is 14.0 Å². The van der Waals surface area contributed by atoms with Gasteiger partial charge in [0.1, 0.15) is 6.10 Å². The maximum absolute atomic E-state index is 12.0. The number of nitrogens with one attached hydrogen (secondary N) is 1. The van der Waals surface area contributed by atoms with Gasteiger partial charge in [0, 0.05) is 32.3 Å². The van der Waals surface area contributed by atoms with E-state index in [4.69, 9.17) is 4.74 Å². The molecule has 5 heteroatoms. The van der Waals surface area contributed by atoms with E-state index >= 15 is 0 Å². The maximum Gasteiger partial charge on any atom is 0.251 e. The number of hydrogen-bond donors (Lipinski definition) is 1. The van der Waals surface area contributed by atoms with Crippen molar-refractivity contribution in [1.29, 1.82) is 0 Å². The number of benzene rings is 1. The van der Waals surface area contributed by atoms with E-state index in [0.717, 1.165) is 25.9 Å². The number of nitrogens with zero attached hydrogens (tertiary/aromatic N) is 1. The number of carbonyl (C=O) groups excluding carboxylic acids is 2. The minimum absolute atomic E-state index is 0.0351. The SMILES string of the molecule is COC(C)C(=O)N1CCC(CNC(=O)c2ccccc2)CC1. The van der Waals surface area contributed by atoms with Crippen LogP contribution in [0.3, 0.4) is 0 Å². The summed E-state index contributed by atoms with van der Waals surface area (Å²) in [6.45, 7) is 3.90. The van der Waals surface area contributed by atoms with Gasteiger partial charge in [-0.05, 0) is 37.8 Å². The summed E-state index contributed by atoms with van der Waals surface area (Å²) in [6, 6.07) is 9.22. The van der Waals surface area contributed by atoms with Gasteiger partial charge >= 0.3 is 0 Å². The van der Waals surface area contributed by atoms with Crippen LogP contribution >= 0.6 is 0 Å². The van der Waals surface area contributed by atoms with E-state index in [1.165, 1.54) is 0 Å². The van der Waals surface area contributed by atoms with Crippen LogP contribution < -0.4 is 5.32 Å². The highest BCUT2D eigenvalue weighted by molar-refractivity contribution is 5.94. The number of carbonyl (C=O) groups is 2. The van der Waals surface area contributed by atoms with Gasteiger partial charge in [-0.15, -0.1) is 0 Å². The quantitative estimate of drug-likeness (QED) is 0.900. The van der Waals surface area contributed by atoms with Gasteiger partial charge in [-0.2, -0.15) is 0 Å². The lowest BCUT2D eigenvalue weighted by atomic mass is 9.96. The predicted molar refractivity (Wildman–Crippen MR) is 84.6 cm³/mol. The lowest BCUT2D eigenvalue weighted by Gasteiger charge is -2.33. The highest BCUT2D eigenvalue weighted by atomic mass is 16.5. The van der Waals surface area contributed by atoms with Gasteiger partial charge in [-0.25, -0.2) is 0 Å². The molecule has 1 saturated heterocycles. The third-order valence-corrected chi connectivity index (χ3v) is 4.21. The first-order valence-electron chi connectivity index (χ1n) is 7.76. The molecule has 1 aromatic carbocycles. The molecule has 1 unspecified atom stereocenters. The second-order valence-electron chi connectivity index (χ2n) is 5.72. The molecule has 2 amide bonds. The number of rotatable bonds is 5. The van der Waals surface area contributed by atoms with Crippen LogP contribution in [-0.4, -0.2) is 49.6 Å². The van der Waals surface area contributed by atoms with Crippen molar-refractivity contribution >= 4 is 11.8 Å². The molecule has 0 bridgehead atoms. The van der Waals surface area contributed by atoms with Crippen molar-refractivity contribution in [3.63, 3.8) is 0 Å². The fourth-order valence-corrected chi connectivity index (χ4v) is 2.64. The molecule has 0 aromatic heterocycles. The van der Waals surface area contributed by atoms with Gasteiger partial charge in [0.15, 0.2) is 0 Å². The first kappa shape index (κ1) is 16.5. The molecule has 120 valence electrons. The average Bonchev–Trinajstić information content (AvgIpc) is 2.59. The van der Waals surface area contributed by atoms with Crippen LogP contribution in [0.5, 0.6) is 0 Å². The normalized spacial score (nSPS) is 17.1. The summed E-state index contributed by atoms with van der Waals surface area (Å²) < 4.78 is 5.07. The Hall–Kier alpha value is -1.88. The third-order valence-electron chi connectivity index (χ3n) is 4.21. The van der Waals surface area contributed by atoms with Gasteiger partial charge < -0.3 is 15.0 Å². The highest BCUT2D eigenvalue weighted by Gasteiger charge is 2.26. The van der Waals surface area contributed by atoms with Gasteiger partial charge in [0.2, 0.25) is 0 Å². The summed E-state index contributed by atoms with van der Waals surface area (Å²) in [4.78, 5) is 25.9. The van der Waals surface area contributed by atoms with E-state index in [2.05, 4.69) is 5.32 Å². The van der Waals surface area contributed by atoms with E-state index in [-0.39, 0.29) is 17.9 Å². The summed E-state index contributed by atoms with van der Waals surface area (Å²) >= 11 is 0. The zero-order chi connectivity index (χ0) is 15.9. The molecule has 1 heterocycles. The Morgan fingerprint density at radius 1 is 1.27 bits per heavy atom. The lowest BCUT2D eigenvalue weighted by Crippen LogP contribution is -2.45. The number of piperidine rings is 1. The molecule has 1 aliphatic rings. The summed E-state index contributed by atoms with van der Waals surface area (Å²) in [7, 11) is 1.55. The topological polar surface area (TPSA) is 58.6 Å². The first-order chi connectivity index (χ1) is 10.6. The minimum atomic E-state index is -0.380. The summed E-state index contributed by atoms with van der Waals surface area (Å²) in [6.07, 6.45) is 1.45. The molecular weight excluding hydrogens is 280 g/mol. The fourth-order valence-electron chi connectivity index (χ4n) is 2.64. The first-order valence-corrected chi connectivity index (χ1v) is 7.76. The van der Waals surface area contributed by atoms with Crippen LogP contribution in [0.1, 0.15) is 30.1 Å². The fraction of sp³-hybridized carbons (Fsp3) is 0.529. The van der Waals surface area contributed by atoms with Crippen molar-refractivity contribution < 1.29 is 14.3 Å². The van der Waals surface area contributed by atoms with E-state index in [9.17, 15) is 9.59 Å². The Kier molecular flexibility index (Phi) is 5.95. The Morgan fingerprint density at radius 2 is 1.91 bits per heavy atom. The van der Waals surface area contributed by atoms with Crippen LogP contribution in [0, 0.1) is 5.92 Å². The number of methoxy groups -OCH3 is 1. The average molecular weight is 304 g/mol. The maximum atomic E-state index is 12.0. The van der Waals surface area contributed by atoms with E-state index in [1.807, 2.05) is 35.2 Å². The summed E-state index contributed by atoms with van der Waals surface area (Å²) in [5, 5.41) is 2.98. The smallest absolute Gasteiger partial charge is 0.251 e. The molecular formula is C17H24N2O3. The molecule has 1 aliphatic heterocycles. The molecule has 5 nitrogen and oxygen atoms in total. The molecule has 2 rings (SSSR count). The Bertz CT molecular complexity index is 496. The molecule has 0 saturated carbocycles. The Balaban J connectivity index is 1.74. The van der Waals surface area contributed by atoms with Gasteiger partial charge in [-0.3, -0.25) is 9.59 Å². The molecule has 1 aromatic rings. The zero-order valence-corrected chi connectivity index (χ0v) is 13.2. The third kappa shape index (κ3) is 4.31. The molecule has 1 atom stereocenters. The second kappa shape index (κ2) is 7.94. The zero-order valence-electron chi connectivity index (χ0n) is 13.2. The molecule has 0 aliphatic carbocycles. The van der Waals surface area contributed by atoms with Gasteiger partial charge in [-0.1, -0.05) is 18.2 Å². The van der Waals surface area contributed by atoms with Crippen LogP contribution in [0.25, 0.3) is 0 Å². The molecule has 0 spiro atoms. The van der Waals surface area contributed by atoms with Gasteiger partial charge in [0.25, 0.3) is 11.8 Å². The predicted octanol–water partition coefficient (Wildman–Crippen LogP) is 1.69. The standard InChI is InChI=1S/C17H24N2O3/c1-13(22-2)17(21)19-10-8-14(9-11-19)12-18-16(20)15-6-4-3-5-7-15/h3-7,13-14H,8-12H2,1-2H3,(H,18,20). The molecule has 1 N–H and O–H groups in total. The molecule has 0 radical (unpaired) electrons. The highest BCUT2D eigenvalue weighted by Crippen LogP contribution is 2.17. The molecule has 1 fully saturated rings. The Morgan fingerprint density at radius 3 is 2.50 bits per heavy atom. The number of amides is 2. The van der Waals surface area contributed by atoms with Crippen molar-refractivity contribution in [3.05, 3.63) is 35.9 Å². The minimum Gasteiger partial charge on any atom is -0.372 e. The number of ether oxygens (including phenoxy) is 1. The van der Waals surface area contributed by atoms with Crippen molar-refractivity contribution in [1.82, 2.24) is 10.2 Å². The van der Waals surface area contributed by atoms with Crippen molar-refractivity contribution in [2.45, 2.75) is 25.9 Å². The summed E-state index contributed by atoms with van der Waals surface area (Å²) in [5.41, 5.74) is 0.684. The molecule has 22 heavy (non-hydrogen) atoms. The van der Waals surface area contributed by atoms with Crippen molar-refractivity contribution in [2.75, 3.05) is 26.7 Å². The van der Waals surface area contributed by atoms with E-state index < -0.39 is 0 Å². The Labute approximate surface area is 131 Å². The van der Waals surface area contributed by atoms with Crippen LogP contribution in [0.15, 0.2) is 30.3 Å². The van der Waals surface area contributed by atoms with Crippen LogP contribution in [0.2, 0.25) is 0 Å². The van der Waals surface area contributed by atoms with E-state index in [0.29, 0.717) is 18.0 Å². The second-order valence-corrected chi connectivity index (χ2v) is 5.72. The van der Waals surface area contributed by atoms with Gasteiger partial charge in [0.05, 0.1) is 0 Å². The lowest BCUT2D eigenvalue weighted by molar-refractivity contribution is -0.142. The largest absolute Gasteiger partial charge is 0.372 e.